The lowest BCUT2D eigenvalue weighted by molar-refractivity contribution is 0.0780. The van der Waals surface area contributed by atoms with Crippen LogP contribution in [0, 0.1) is 0 Å². The Kier molecular flexibility index (Phi) is 3.71. The number of pyridine rings is 2. The number of aromatic nitrogens is 2. The second kappa shape index (κ2) is 6.36. The summed E-state index contributed by atoms with van der Waals surface area (Å²) >= 11 is 0. The van der Waals surface area contributed by atoms with E-state index in [0.717, 1.165) is 33.4 Å². The Morgan fingerprint density at radius 3 is 2.89 bits per heavy atom. The van der Waals surface area contributed by atoms with Crippen LogP contribution >= 0.6 is 0 Å². The topological polar surface area (TPSA) is 59.2 Å². The molecule has 0 aliphatic carbocycles. The van der Waals surface area contributed by atoms with E-state index in [0.29, 0.717) is 25.1 Å². The number of amides is 1. The van der Waals surface area contributed by atoms with E-state index in [4.69, 9.17) is 9.40 Å². The second-order valence-electron chi connectivity index (χ2n) is 6.66. The summed E-state index contributed by atoms with van der Waals surface area (Å²) in [5.41, 5.74) is 5.26. The number of benzene rings is 1. The number of hydrogen-bond acceptors (Lipinski definition) is 4. The van der Waals surface area contributed by atoms with E-state index < -0.39 is 0 Å². The number of fused-ring (bicyclic) bond motifs is 2. The lowest BCUT2D eigenvalue weighted by Crippen LogP contribution is -2.26. The van der Waals surface area contributed by atoms with Gasteiger partial charge in [-0.2, -0.15) is 0 Å². The zero-order chi connectivity index (χ0) is 18.2. The van der Waals surface area contributed by atoms with Gasteiger partial charge >= 0.3 is 0 Å². The molecule has 1 amide bonds. The standard InChI is InChI=1S/C22H17N3O2/c26-22-21-18(16-9-12-27-14-16)7-10-23-20(21)13-25(22)11-8-17-6-5-15-3-1-2-4-19(15)24-17/h1-7,9-10,12,14H,8,11,13H2. The van der Waals surface area contributed by atoms with Crippen LogP contribution in [0.25, 0.3) is 22.0 Å². The highest BCUT2D eigenvalue weighted by Crippen LogP contribution is 2.31. The first-order chi connectivity index (χ1) is 13.3. The van der Waals surface area contributed by atoms with Crippen molar-refractivity contribution in [3.05, 3.63) is 84.2 Å². The molecule has 5 heteroatoms. The van der Waals surface area contributed by atoms with Gasteiger partial charge in [0, 0.05) is 41.4 Å². The zero-order valence-corrected chi connectivity index (χ0v) is 14.6. The Morgan fingerprint density at radius 2 is 2.00 bits per heavy atom. The molecule has 0 atom stereocenters. The van der Waals surface area contributed by atoms with E-state index in [2.05, 4.69) is 17.1 Å². The number of rotatable bonds is 4. The highest BCUT2D eigenvalue weighted by atomic mass is 16.3. The molecule has 4 aromatic rings. The van der Waals surface area contributed by atoms with Crippen molar-refractivity contribution in [3.8, 4) is 11.1 Å². The third-order valence-corrected chi connectivity index (χ3v) is 5.00. The predicted octanol–water partition coefficient (Wildman–Crippen LogP) is 4.09. The number of carbonyl (C=O) groups is 1. The van der Waals surface area contributed by atoms with Crippen LogP contribution in [0.4, 0.5) is 0 Å². The Morgan fingerprint density at radius 1 is 1.07 bits per heavy atom. The normalized spacial score (nSPS) is 13.3. The highest BCUT2D eigenvalue weighted by Gasteiger charge is 2.31. The quantitative estimate of drug-likeness (QED) is 0.553. The fourth-order valence-electron chi connectivity index (χ4n) is 3.61. The predicted molar refractivity (Wildman–Crippen MR) is 102 cm³/mol. The number of carbonyl (C=O) groups excluding carboxylic acids is 1. The molecule has 0 unspecified atom stereocenters. The van der Waals surface area contributed by atoms with E-state index in [1.165, 1.54) is 0 Å². The minimum atomic E-state index is 0.0232. The molecule has 0 saturated carbocycles. The molecule has 1 aliphatic rings. The number of furan rings is 1. The van der Waals surface area contributed by atoms with Gasteiger partial charge in [0.2, 0.25) is 0 Å². The minimum absolute atomic E-state index is 0.0232. The van der Waals surface area contributed by atoms with Gasteiger partial charge in [-0.3, -0.25) is 14.8 Å². The van der Waals surface area contributed by atoms with Crippen molar-refractivity contribution in [2.75, 3.05) is 6.54 Å². The first kappa shape index (κ1) is 15.8. The third kappa shape index (κ3) is 2.77. The van der Waals surface area contributed by atoms with E-state index in [-0.39, 0.29) is 5.91 Å². The molecule has 1 aliphatic heterocycles. The van der Waals surface area contributed by atoms with E-state index in [1.807, 2.05) is 41.3 Å². The Labute approximate surface area is 156 Å². The molecule has 4 heterocycles. The van der Waals surface area contributed by atoms with Gasteiger partial charge in [-0.25, -0.2) is 0 Å². The molecule has 1 aromatic carbocycles. The van der Waals surface area contributed by atoms with Crippen LogP contribution in [-0.4, -0.2) is 27.3 Å². The van der Waals surface area contributed by atoms with Gasteiger partial charge < -0.3 is 9.32 Å². The molecule has 5 rings (SSSR count). The molecule has 0 saturated heterocycles. The van der Waals surface area contributed by atoms with Crippen LogP contribution in [-0.2, 0) is 13.0 Å². The lowest BCUT2D eigenvalue weighted by atomic mass is 10.0. The summed E-state index contributed by atoms with van der Waals surface area (Å²) in [6, 6.07) is 15.9. The fourth-order valence-corrected chi connectivity index (χ4v) is 3.61. The number of para-hydroxylation sites is 1. The molecule has 0 bridgehead atoms. The summed E-state index contributed by atoms with van der Waals surface area (Å²) in [5.74, 6) is 0.0232. The molecule has 5 nitrogen and oxygen atoms in total. The SMILES string of the molecule is O=C1c2c(-c3ccoc3)ccnc2CN1CCc1ccc2ccccc2n1. The maximum absolute atomic E-state index is 13.0. The number of nitrogens with zero attached hydrogens (tertiary/aromatic N) is 3. The Bertz CT molecular complexity index is 1140. The molecule has 3 aromatic heterocycles. The smallest absolute Gasteiger partial charge is 0.256 e. The van der Waals surface area contributed by atoms with Crippen molar-refractivity contribution in [2.24, 2.45) is 0 Å². The van der Waals surface area contributed by atoms with Crippen LogP contribution in [0.1, 0.15) is 21.7 Å². The van der Waals surface area contributed by atoms with Gasteiger partial charge in [-0.05, 0) is 24.3 Å². The van der Waals surface area contributed by atoms with Crippen molar-refractivity contribution in [1.82, 2.24) is 14.9 Å². The van der Waals surface area contributed by atoms with Crippen molar-refractivity contribution in [1.29, 1.82) is 0 Å². The Balaban J connectivity index is 1.37. The lowest BCUT2D eigenvalue weighted by Gasteiger charge is -2.15. The summed E-state index contributed by atoms with van der Waals surface area (Å²) in [6.07, 6.45) is 5.74. The summed E-state index contributed by atoms with van der Waals surface area (Å²) in [7, 11) is 0. The summed E-state index contributed by atoms with van der Waals surface area (Å²) in [6.45, 7) is 1.15. The average Bonchev–Trinajstić information content (AvgIpc) is 3.35. The van der Waals surface area contributed by atoms with Gasteiger partial charge in [-0.1, -0.05) is 24.3 Å². The van der Waals surface area contributed by atoms with Crippen LogP contribution in [0.2, 0.25) is 0 Å². The van der Waals surface area contributed by atoms with Gasteiger partial charge in [0.25, 0.3) is 5.91 Å². The molecule has 132 valence electrons. The van der Waals surface area contributed by atoms with Gasteiger partial charge in [0.05, 0.1) is 35.8 Å². The molecule has 0 spiro atoms. The number of hydrogen-bond donors (Lipinski definition) is 0. The van der Waals surface area contributed by atoms with Crippen molar-refractivity contribution in [2.45, 2.75) is 13.0 Å². The van der Waals surface area contributed by atoms with Crippen LogP contribution in [0.3, 0.4) is 0 Å². The highest BCUT2D eigenvalue weighted by molar-refractivity contribution is 6.03. The van der Waals surface area contributed by atoms with Crippen LogP contribution < -0.4 is 0 Å². The van der Waals surface area contributed by atoms with Gasteiger partial charge in [-0.15, -0.1) is 0 Å². The van der Waals surface area contributed by atoms with Gasteiger partial charge in [0.1, 0.15) is 0 Å². The first-order valence-corrected chi connectivity index (χ1v) is 8.94. The third-order valence-electron chi connectivity index (χ3n) is 5.00. The largest absolute Gasteiger partial charge is 0.472 e. The maximum atomic E-state index is 13.0. The molecule has 0 radical (unpaired) electrons. The molecular formula is C22H17N3O2. The van der Waals surface area contributed by atoms with Crippen LogP contribution in [0.15, 0.2) is 71.7 Å². The minimum Gasteiger partial charge on any atom is -0.472 e. The first-order valence-electron chi connectivity index (χ1n) is 8.94. The molecular weight excluding hydrogens is 338 g/mol. The molecule has 0 N–H and O–H groups in total. The summed E-state index contributed by atoms with van der Waals surface area (Å²) < 4.78 is 5.18. The van der Waals surface area contributed by atoms with E-state index in [9.17, 15) is 4.79 Å². The zero-order valence-electron chi connectivity index (χ0n) is 14.6. The van der Waals surface area contributed by atoms with E-state index >= 15 is 0 Å². The second-order valence-corrected chi connectivity index (χ2v) is 6.66. The van der Waals surface area contributed by atoms with Crippen molar-refractivity contribution < 1.29 is 9.21 Å². The van der Waals surface area contributed by atoms with Crippen molar-refractivity contribution >= 4 is 16.8 Å². The summed E-state index contributed by atoms with van der Waals surface area (Å²) in [4.78, 5) is 23.9. The van der Waals surface area contributed by atoms with Crippen molar-refractivity contribution in [3.63, 3.8) is 0 Å². The van der Waals surface area contributed by atoms with Gasteiger partial charge in [0.15, 0.2) is 0 Å². The molecule has 27 heavy (non-hydrogen) atoms. The maximum Gasteiger partial charge on any atom is 0.256 e. The monoisotopic (exact) mass is 355 g/mol. The fraction of sp³-hybridized carbons (Fsp3) is 0.136. The average molecular weight is 355 g/mol. The van der Waals surface area contributed by atoms with Crippen LogP contribution in [0.5, 0.6) is 0 Å². The Hall–Kier alpha value is -3.47. The van der Waals surface area contributed by atoms with E-state index in [1.54, 1.807) is 18.7 Å². The summed E-state index contributed by atoms with van der Waals surface area (Å²) in [5, 5.41) is 1.12. The molecule has 0 fully saturated rings.